The molecule has 3 rings (SSSR count). The first-order valence-electron chi connectivity index (χ1n) is 7.12. The molecule has 2 N–H and O–H groups in total. The maximum Gasteiger partial charge on any atom is 0.314 e. The summed E-state index contributed by atoms with van der Waals surface area (Å²) in [6.45, 7) is 1.16. The fraction of sp³-hybridized carbons (Fsp3) is 0.462. The van der Waals surface area contributed by atoms with E-state index >= 15 is 0 Å². The number of anilines is 1. The van der Waals surface area contributed by atoms with E-state index in [1.807, 2.05) is 4.68 Å². The quantitative estimate of drug-likeness (QED) is 0.723. The Morgan fingerprint density at radius 3 is 2.91 bits per heavy atom. The first kappa shape index (κ1) is 14.2. The van der Waals surface area contributed by atoms with E-state index in [2.05, 4.69) is 25.8 Å². The monoisotopic (exact) mass is 303 g/mol. The highest BCUT2D eigenvalue weighted by Crippen LogP contribution is 2.17. The molecule has 22 heavy (non-hydrogen) atoms. The molecule has 3 heterocycles. The molecule has 0 spiro atoms. The molecule has 0 bridgehead atoms. The second-order valence-corrected chi connectivity index (χ2v) is 5.14. The highest BCUT2D eigenvalue weighted by molar-refractivity contribution is 6.39. The van der Waals surface area contributed by atoms with E-state index in [9.17, 15) is 9.59 Å². The maximum absolute atomic E-state index is 11.8. The molecule has 1 aliphatic heterocycles. The molecule has 116 valence electrons. The van der Waals surface area contributed by atoms with Gasteiger partial charge in [0.2, 0.25) is 0 Å². The lowest BCUT2D eigenvalue weighted by Crippen LogP contribution is -2.36. The van der Waals surface area contributed by atoms with Crippen LogP contribution in [0, 0.1) is 0 Å². The van der Waals surface area contributed by atoms with Crippen molar-refractivity contribution in [2.45, 2.75) is 25.8 Å². The van der Waals surface area contributed by atoms with Gasteiger partial charge in [-0.25, -0.2) is 4.98 Å². The van der Waals surface area contributed by atoms with Crippen molar-refractivity contribution in [3.05, 3.63) is 23.9 Å². The Labute approximate surface area is 126 Å². The van der Waals surface area contributed by atoms with Gasteiger partial charge in [0.05, 0.1) is 0 Å². The van der Waals surface area contributed by atoms with Gasteiger partial charge < -0.3 is 10.6 Å². The number of rotatable bonds is 4. The van der Waals surface area contributed by atoms with Crippen LogP contribution in [0.5, 0.6) is 0 Å². The third-order valence-corrected chi connectivity index (χ3v) is 3.40. The average molecular weight is 303 g/mol. The van der Waals surface area contributed by atoms with E-state index in [0.717, 1.165) is 25.1 Å². The average Bonchev–Trinajstić information content (AvgIpc) is 3.15. The number of aryl methyl sites for hydroxylation is 3. The molecule has 0 fully saturated rings. The van der Waals surface area contributed by atoms with E-state index in [-0.39, 0.29) is 0 Å². The zero-order chi connectivity index (χ0) is 15.5. The third-order valence-electron chi connectivity index (χ3n) is 3.40. The molecule has 0 saturated heterocycles. The molecule has 0 aliphatic carbocycles. The van der Waals surface area contributed by atoms with Crippen molar-refractivity contribution in [2.75, 3.05) is 11.9 Å². The van der Waals surface area contributed by atoms with E-state index in [1.165, 1.54) is 0 Å². The van der Waals surface area contributed by atoms with Crippen LogP contribution >= 0.6 is 0 Å². The Morgan fingerprint density at radius 1 is 1.32 bits per heavy atom. The number of nitrogens with zero attached hydrogens (tertiary/aromatic N) is 5. The summed E-state index contributed by atoms with van der Waals surface area (Å²) in [5.74, 6) is -0.371. The van der Waals surface area contributed by atoms with Gasteiger partial charge in [0, 0.05) is 38.3 Å². The lowest BCUT2D eigenvalue weighted by molar-refractivity contribution is -0.136. The van der Waals surface area contributed by atoms with E-state index in [4.69, 9.17) is 0 Å². The fourth-order valence-electron chi connectivity index (χ4n) is 2.36. The molecular weight excluding hydrogens is 286 g/mol. The lowest BCUT2D eigenvalue weighted by atomic mass is 10.3. The van der Waals surface area contributed by atoms with Gasteiger partial charge in [-0.05, 0) is 12.8 Å². The third kappa shape index (κ3) is 3.13. The molecule has 2 aromatic rings. The Bertz CT molecular complexity index is 682. The van der Waals surface area contributed by atoms with Gasteiger partial charge >= 0.3 is 11.8 Å². The van der Waals surface area contributed by atoms with Crippen molar-refractivity contribution in [1.29, 1.82) is 0 Å². The maximum atomic E-state index is 11.8. The van der Waals surface area contributed by atoms with Crippen LogP contribution in [0.1, 0.15) is 17.9 Å². The van der Waals surface area contributed by atoms with Crippen LogP contribution < -0.4 is 10.6 Å². The van der Waals surface area contributed by atoms with Gasteiger partial charge in [-0.1, -0.05) is 0 Å². The van der Waals surface area contributed by atoms with Crippen molar-refractivity contribution in [3.63, 3.8) is 0 Å². The highest BCUT2D eigenvalue weighted by atomic mass is 16.2. The molecule has 2 amide bonds. The summed E-state index contributed by atoms with van der Waals surface area (Å²) >= 11 is 0. The summed E-state index contributed by atoms with van der Waals surface area (Å²) in [6, 6.07) is 1.80. The van der Waals surface area contributed by atoms with Crippen molar-refractivity contribution in [2.24, 2.45) is 7.05 Å². The molecule has 0 radical (unpaired) electrons. The van der Waals surface area contributed by atoms with Crippen LogP contribution in [0.25, 0.3) is 0 Å². The Morgan fingerprint density at radius 2 is 2.18 bits per heavy atom. The summed E-state index contributed by atoms with van der Waals surface area (Å²) < 4.78 is 3.43. The molecule has 0 aromatic carbocycles. The van der Waals surface area contributed by atoms with Crippen LogP contribution in [0.4, 0.5) is 5.82 Å². The zero-order valence-corrected chi connectivity index (χ0v) is 12.2. The molecule has 0 unspecified atom stereocenters. The summed E-state index contributed by atoms with van der Waals surface area (Å²) in [5.41, 5.74) is 1.08. The number of fused-ring (bicyclic) bond motifs is 1. The van der Waals surface area contributed by atoms with Crippen LogP contribution in [-0.2, 0) is 36.0 Å². The van der Waals surface area contributed by atoms with Crippen molar-refractivity contribution in [3.8, 4) is 0 Å². The van der Waals surface area contributed by atoms with Gasteiger partial charge in [-0.3, -0.25) is 19.0 Å². The Balaban J connectivity index is 1.46. The molecule has 9 heteroatoms. The van der Waals surface area contributed by atoms with Gasteiger partial charge in [0.1, 0.15) is 6.33 Å². The molecule has 9 nitrogen and oxygen atoms in total. The highest BCUT2D eigenvalue weighted by Gasteiger charge is 2.18. The minimum absolute atomic E-state index is 0.302. The minimum atomic E-state index is -0.717. The standard InChI is InChI=1S/C13H17N7O2/c1-19-8-15-10(17-19)4-5-14-12(21)13(22)16-11-7-9-3-2-6-20(9)18-11/h7-8H,2-6H2,1H3,(H,14,21)(H,16,18,22). The largest absolute Gasteiger partial charge is 0.347 e. The summed E-state index contributed by atoms with van der Waals surface area (Å²) in [4.78, 5) is 27.5. The van der Waals surface area contributed by atoms with E-state index in [0.29, 0.717) is 24.6 Å². The van der Waals surface area contributed by atoms with Crippen molar-refractivity contribution < 1.29 is 9.59 Å². The number of amides is 2. The van der Waals surface area contributed by atoms with Crippen molar-refractivity contribution in [1.82, 2.24) is 29.9 Å². The summed E-state index contributed by atoms with van der Waals surface area (Å²) in [6.07, 6.45) is 4.07. The second kappa shape index (κ2) is 5.96. The number of aromatic nitrogens is 5. The summed E-state index contributed by atoms with van der Waals surface area (Å²) in [7, 11) is 1.77. The van der Waals surface area contributed by atoms with Crippen LogP contribution in [0.3, 0.4) is 0 Å². The number of hydrogen-bond acceptors (Lipinski definition) is 5. The SMILES string of the molecule is Cn1cnc(CCNC(=O)C(=O)Nc2cc3n(n2)CCC3)n1. The zero-order valence-electron chi connectivity index (χ0n) is 12.2. The predicted molar refractivity (Wildman–Crippen MR) is 76.9 cm³/mol. The molecular formula is C13H17N7O2. The van der Waals surface area contributed by atoms with Crippen LogP contribution in [-0.4, -0.2) is 42.9 Å². The molecule has 0 saturated carbocycles. The second-order valence-electron chi connectivity index (χ2n) is 5.14. The predicted octanol–water partition coefficient (Wildman–Crippen LogP) is -0.745. The lowest BCUT2D eigenvalue weighted by Gasteiger charge is -2.03. The first-order chi connectivity index (χ1) is 10.6. The number of carbonyl (C=O) groups excluding carboxylic acids is 2. The van der Waals surface area contributed by atoms with Crippen LogP contribution in [0.2, 0.25) is 0 Å². The van der Waals surface area contributed by atoms with Gasteiger partial charge in [-0.15, -0.1) is 0 Å². The number of carbonyl (C=O) groups is 2. The first-order valence-corrected chi connectivity index (χ1v) is 7.12. The normalized spacial score (nSPS) is 13.0. The number of nitrogens with one attached hydrogen (secondary N) is 2. The minimum Gasteiger partial charge on any atom is -0.347 e. The Kier molecular flexibility index (Phi) is 3.86. The van der Waals surface area contributed by atoms with Gasteiger partial charge in [-0.2, -0.15) is 10.2 Å². The van der Waals surface area contributed by atoms with Crippen LogP contribution in [0.15, 0.2) is 12.4 Å². The Hall–Kier alpha value is -2.71. The molecule has 0 atom stereocenters. The molecule has 1 aliphatic rings. The van der Waals surface area contributed by atoms with E-state index < -0.39 is 11.8 Å². The smallest absolute Gasteiger partial charge is 0.314 e. The number of hydrogen-bond donors (Lipinski definition) is 2. The molecule has 2 aromatic heterocycles. The van der Waals surface area contributed by atoms with Gasteiger partial charge in [0.25, 0.3) is 0 Å². The van der Waals surface area contributed by atoms with E-state index in [1.54, 1.807) is 24.1 Å². The fourth-order valence-corrected chi connectivity index (χ4v) is 2.36. The topological polar surface area (TPSA) is 107 Å². The van der Waals surface area contributed by atoms with Gasteiger partial charge in [0.15, 0.2) is 11.6 Å². The van der Waals surface area contributed by atoms with Crippen molar-refractivity contribution >= 4 is 17.6 Å². The summed E-state index contributed by atoms with van der Waals surface area (Å²) in [5, 5.41) is 13.4.